The van der Waals surface area contributed by atoms with Crippen molar-refractivity contribution in [2.75, 3.05) is 10.6 Å². The molecule has 0 radical (unpaired) electrons. The average Bonchev–Trinajstić information content (AvgIpc) is 2.56. The maximum absolute atomic E-state index is 12.2. The summed E-state index contributed by atoms with van der Waals surface area (Å²) in [6.45, 7) is 1.86. The molecule has 0 saturated heterocycles. The van der Waals surface area contributed by atoms with Crippen LogP contribution in [0.15, 0.2) is 47.4 Å². The monoisotopic (exact) mass is 337 g/mol. The minimum atomic E-state index is -0.208. The van der Waals surface area contributed by atoms with Crippen LogP contribution in [0.2, 0.25) is 0 Å². The molecule has 2 N–H and O–H groups in total. The number of anilines is 2. The molecule has 1 unspecified atom stereocenters. The van der Waals surface area contributed by atoms with Crippen molar-refractivity contribution in [1.82, 2.24) is 0 Å². The van der Waals surface area contributed by atoms with Crippen LogP contribution in [0.1, 0.15) is 18.1 Å². The van der Waals surface area contributed by atoms with Gasteiger partial charge in [0, 0.05) is 4.90 Å². The second-order valence-corrected chi connectivity index (χ2v) is 6.84. The fourth-order valence-electron chi connectivity index (χ4n) is 2.44. The molecule has 0 aromatic heterocycles. The van der Waals surface area contributed by atoms with Gasteiger partial charge in [-0.3, -0.25) is 9.59 Å². The summed E-state index contributed by atoms with van der Waals surface area (Å²) in [4.78, 5) is 25.0. The minimum Gasteiger partial charge on any atom is -0.325 e. The molecule has 0 aliphatic carbocycles. The van der Waals surface area contributed by atoms with Gasteiger partial charge in [-0.15, -0.1) is 11.8 Å². The van der Waals surface area contributed by atoms with Crippen LogP contribution in [-0.2, 0) is 16.0 Å². The third-order valence-electron chi connectivity index (χ3n) is 3.66. The van der Waals surface area contributed by atoms with Crippen molar-refractivity contribution in [3.8, 4) is 6.07 Å². The van der Waals surface area contributed by atoms with Crippen molar-refractivity contribution in [1.29, 1.82) is 5.26 Å². The van der Waals surface area contributed by atoms with Crippen molar-refractivity contribution in [2.45, 2.75) is 23.5 Å². The van der Waals surface area contributed by atoms with Crippen LogP contribution < -0.4 is 10.6 Å². The van der Waals surface area contributed by atoms with Gasteiger partial charge in [0.25, 0.3) is 0 Å². The summed E-state index contributed by atoms with van der Waals surface area (Å²) in [5.74, 6) is -0.238. The van der Waals surface area contributed by atoms with Crippen LogP contribution in [0.3, 0.4) is 0 Å². The summed E-state index contributed by atoms with van der Waals surface area (Å²) in [6.07, 6.45) is 0.170. The van der Waals surface area contributed by atoms with Gasteiger partial charge in [-0.1, -0.05) is 18.2 Å². The largest absolute Gasteiger partial charge is 0.325 e. The first kappa shape index (κ1) is 16.1. The molecule has 2 aromatic rings. The van der Waals surface area contributed by atoms with Crippen molar-refractivity contribution in [2.24, 2.45) is 0 Å². The summed E-state index contributed by atoms with van der Waals surface area (Å²) >= 11 is 1.51. The number of carbonyl (C=O) groups excluding carboxylic acids is 2. The van der Waals surface area contributed by atoms with Gasteiger partial charge in [-0.05, 0) is 36.8 Å². The molecule has 24 heavy (non-hydrogen) atoms. The predicted octanol–water partition coefficient (Wildman–Crippen LogP) is 3.17. The van der Waals surface area contributed by atoms with Crippen molar-refractivity contribution in [3.63, 3.8) is 0 Å². The van der Waals surface area contributed by atoms with Crippen LogP contribution in [0.4, 0.5) is 11.4 Å². The van der Waals surface area contributed by atoms with E-state index in [9.17, 15) is 9.59 Å². The molecule has 0 bridgehead atoms. The van der Waals surface area contributed by atoms with Gasteiger partial charge < -0.3 is 10.6 Å². The lowest BCUT2D eigenvalue weighted by Crippen LogP contribution is -2.26. The van der Waals surface area contributed by atoms with E-state index in [1.807, 2.05) is 31.2 Å². The fourth-order valence-corrected chi connectivity index (χ4v) is 3.37. The zero-order valence-electron chi connectivity index (χ0n) is 13.0. The first-order chi connectivity index (χ1) is 11.6. The zero-order valence-corrected chi connectivity index (χ0v) is 13.8. The predicted molar refractivity (Wildman–Crippen MR) is 93.9 cm³/mol. The first-order valence-corrected chi connectivity index (χ1v) is 8.34. The van der Waals surface area contributed by atoms with Gasteiger partial charge >= 0.3 is 0 Å². The number of hydrogen-bond donors (Lipinski definition) is 2. The normalized spacial score (nSPS) is 15.8. The molecule has 0 spiro atoms. The molecule has 6 heteroatoms. The van der Waals surface area contributed by atoms with Gasteiger partial charge in [0.1, 0.15) is 6.07 Å². The molecule has 1 atom stereocenters. The Balaban J connectivity index is 1.73. The molecule has 2 aromatic carbocycles. The Kier molecular flexibility index (Phi) is 4.54. The summed E-state index contributed by atoms with van der Waals surface area (Å²) in [5.41, 5.74) is 2.47. The molecule has 0 fully saturated rings. The van der Waals surface area contributed by atoms with Gasteiger partial charge in [0.15, 0.2) is 0 Å². The number of fused-ring (bicyclic) bond motifs is 1. The van der Waals surface area contributed by atoms with E-state index in [1.54, 1.807) is 24.3 Å². The molecule has 1 heterocycles. The number of rotatable bonds is 3. The van der Waals surface area contributed by atoms with Crippen LogP contribution in [0.25, 0.3) is 0 Å². The summed E-state index contributed by atoms with van der Waals surface area (Å²) in [5, 5.41) is 14.5. The minimum absolute atomic E-state index is 0.0305. The van der Waals surface area contributed by atoms with E-state index in [0.717, 1.165) is 16.1 Å². The fraction of sp³-hybridized carbons (Fsp3) is 0.167. The molecular weight excluding hydrogens is 322 g/mol. The van der Waals surface area contributed by atoms with Gasteiger partial charge in [0.05, 0.1) is 28.6 Å². The van der Waals surface area contributed by atoms with E-state index in [-0.39, 0.29) is 23.5 Å². The van der Waals surface area contributed by atoms with E-state index in [0.29, 0.717) is 11.3 Å². The van der Waals surface area contributed by atoms with E-state index in [1.165, 1.54) is 11.8 Å². The highest BCUT2D eigenvalue weighted by Gasteiger charge is 2.23. The SMILES string of the molecule is CC1Sc2ccc(CC(=O)Nc3ccccc3C#N)cc2NC1=O. The maximum Gasteiger partial charge on any atom is 0.237 e. The van der Waals surface area contributed by atoms with Crippen LogP contribution in [0, 0.1) is 11.3 Å². The van der Waals surface area contributed by atoms with E-state index in [4.69, 9.17) is 5.26 Å². The van der Waals surface area contributed by atoms with Crippen LogP contribution in [0.5, 0.6) is 0 Å². The van der Waals surface area contributed by atoms with E-state index < -0.39 is 0 Å². The molecule has 1 aliphatic rings. The molecular formula is C18H15N3O2S. The van der Waals surface area contributed by atoms with Crippen molar-refractivity contribution < 1.29 is 9.59 Å². The highest BCUT2D eigenvalue weighted by atomic mass is 32.2. The van der Waals surface area contributed by atoms with Crippen LogP contribution in [-0.4, -0.2) is 17.1 Å². The third-order valence-corrected chi connectivity index (χ3v) is 4.84. The van der Waals surface area contributed by atoms with Crippen molar-refractivity contribution >= 4 is 35.0 Å². The second kappa shape index (κ2) is 6.77. The first-order valence-electron chi connectivity index (χ1n) is 7.46. The Labute approximate surface area is 144 Å². The number of benzene rings is 2. The number of nitrogens with zero attached hydrogens (tertiary/aromatic N) is 1. The van der Waals surface area contributed by atoms with Crippen molar-refractivity contribution in [3.05, 3.63) is 53.6 Å². The number of para-hydroxylation sites is 1. The lowest BCUT2D eigenvalue weighted by molar-refractivity contribution is -0.116. The molecule has 120 valence electrons. The molecule has 0 saturated carbocycles. The van der Waals surface area contributed by atoms with Gasteiger partial charge in [-0.25, -0.2) is 0 Å². The van der Waals surface area contributed by atoms with E-state index in [2.05, 4.69) is 10.6 Å². The Hall–Kier alpha value is -2.78. The highest BCUT2D eigenvalue weighted by Crippen LogP contribution is 2.36. The summed E-state index contributed by atoms with van der Waals surface area (Å²) in [6, 6.07) is 14.5. The van der Waals surface area contributed by atoms with E-state index >= 15 is 0 Å². The van der Waals surface area contributed by atoms with Crippen LogP contribution >= 0.6 is 11.8 Å². The Bertz CT molecular complexity index is 858. The average molecular weight is 337 g/mol. The Morgan fingerprint density at radius 1 is 1.33 bits per heavy atom. The molecule has 3 rings (SSSR count). The topological polar surface area (TPSA) is 82.0 Å². The Morgan fingerprint density at radius 3 is 2.92 bits per heavy atom. The summed E-state index contributed by atoms with van der Waals surface area (Å²) < 4.78 is 0. The molecule has 1 aliphatic heterocycles. The highest BCUT2D eigenvalue weighted by molar-refractivity contribution is 8.00. The number of amides is 2. The smallest absolute Gasteiger partial charge is 0.237 e. The number of thioether (sulfide) groups is 1. The molecule has 2 amide bonds. The number of hydrogen-bond acceptors (Lipinski definition) is 4. The lowest BCUT2D eigenvalue weighted by Gasteiger charge is -2.21. The number of nitrogens with one attached hydrogen (secondary N) is 2. The quantitative estimate of drug-likeness (QED) is 0.901. The maximum atomic E-state index is 12.2. The third kappa shape index (κ3) is 3.42. The summed E-state index contributed by atoms with van der Waals surface area (Å²) in [7, 11) is 0. The zero-order chi connectivity index (χ0) is 17.1. The number of carbonyl (C=O) groups is 2. The molecule has 5 nitrogen and oxygen atoms in total. The standard InChI is InChI=1S/C18H15N3O2S/c1-11-18(23)21-15-8-12(6-7-16(15)24-11)9-17(22)20-14-5-3-2-4-13(14)10-19/h2-8,11H,9H2,1H3,(H,20,22)(H,21,23). The van der Waals surface area contributed by atoms with Gasteiger partial charge in [-0.2, -0.15) is 5.26 Å². The lowest BCUT2D eigenvalue weighted by atomic mass is 10.1. The second-order valence-electron chi connectivity index (χ2n) is 5.46. The number of nitriles is 1. The Morgan fingerprint density at radius 2 is 2.12 bits per heavy atom. The van der Waals surface area contributed by atoms with Gasteiger partial charge in [0.2, 0.25) is 11.8 Å².